The summed E-state index contributed by atoms with van der Waals surface area (Å²) in [6.07, 6.45) is 4.35. The number of hydrogen-bond acceptors (Lipinski definition) is 3. The summed E-state index contributed by atoms with van der Waals surface area (Å²) in [5, 5.41) is 15.0. The lowest BCUT2D eigenvalue weighted by atomic mass is 10.1. The standard InChI is InChI=1S/C24H23N5O/c30-24(22-13-21(26-27-22)18-11-12-18)25-14-20-16-29(15-17-7-3-1-4-8-17)28-23(20)19-9-5-2-6-10-19/h1-10,13,16,18H,11-12,14-15H2,(H,25,30)(H,26,27). The SMILES string of the molecule is O=C(NCc1cn(Cc2ccccc2)nc1-c1ccccc1)c1cc(C2CC2)[nH]n1. The van der Waals surface area contributed by atoms with Crippen LogP contribution in [-0.4, -0.2) is 25.9 Å². The van der Waals surface area contributed by atoms with Crippen molar-refractivity contribution in [3.8, 4) is 11.3 Å². The quantitative estimate of drug-likeness (QED) is 0.492. The van der Waals surface area contributed by atoms with Crippen LogP contribution in [0.25, 0.3) is 11.3 Å². The highest BCUT2D eigenvalue weighted by atomic mass is 16.1. The highest BCUT2D eigenvalue weighted by Gasteiger charge is 2.26. The van der Waals surface area contributed by atoms with Gasteiger partial charge in [-0.1, -0.05) is 60.7 Å². The number of amides is 1. The Hall–Kier alpha value is -3.67. The van der Waals surface area contributed by atoms with E-state index in [0.717, 1.165) is 22.5 Å². The Morgan fingerprint density at radius 1 is 1.07 bits per heavy atom. The van der Waals surface area contributed by atoms with Crippen molar-refractivity contribution in [1.82, 2.24) is 25.3 Å². The molecule has 1 aliphatic rings. The van der Waals surface area contributed by atoms with Gasteiger partial charge in [-0.25, -0.2) is 0 Å². The van der Waals surface area contributed by atoms with Crippen molar-refractivity contribution in [3.05, 3.63) is 95.4 Å². The summed E-state index contributed by atoms with van der Waals surface area (Å²) < 4.78 is 1.93. The van der Waals surface area contributed by atoms with E-state index in [9.17, 15) is 4.79 Å². The number of carbonyl (C=O) groups is 1. The fourth-order valence-electron chi connectivity index (χ4n) is 3.61. The maximum atomic E-state index is 12.6. The molecule has 0 bridgehead atoms. The fourth-order valence-corrected chi connectivity index (χ4v) is 3.61. The number of nitrogens with zero attached hydrogens (tertiary/aromatic N) is 3. The Kier molecular flexibility index (Phi) is 4.89. The lowest BCUT2D eigenvalue weighted by Crippen LogP contribution is -2.23. The van der Waals surface area contributed by atoms with Crippen molar-refractivity contribution in [2.45, 2.75) is 31.8 Å². The molecule has 0 atom stereocenters. The van der Waals surface area contributed by atoms with Gasteiger partial charge >= 0.3 is 0 Å². The van der Waals surface area contributed by atoms with Crippen molar-refractivity contribution in [1.29, 1.82) is 0 Å². The summed E-state index contributed by atoms with van der Waals surface area (Å²) in [6, 6.07) is 22.1. The second-order valence-electron chi connectivity index (χ2n) is 7.72. The maximum Gasteiger partial charge on any atom is 0.272 e. The highest BCUT2D eigenvalue weighted by Crippen LogP contribution is 2.39. The lowest BCUT2D eigenvalue weighted by Gasteiger charge is -2.04. The molecule has 6 heteroatoms. The molecule has 0 unspecified atom stereocenters. The topological polar surface area (TPSA) is 75.6 Å². The van der Waals surface area contributed by atoms with Gasteiger partial charge in [0.2, 0.25) is 0 Å². The van der Waals surface area contributed by atoms with Crippen molar-refractivity contribution in [2.24, 2.45) is 0 Å². The summed E-state index contributed by atoms with van der Waals surface area (Å²) in [5.41, 5.74) is 5.57. The van der Waals surface area contributed by atoms with Gasteiger partial charge in [0.1, 0.15) is 5.69 Å². The van der Waals surface area contributed by atoms with E-state index >= 15 is 0 Å². The number of H-pyrrole nitrogens is 1. The average molecular weight is 397 g/mol. The van der Waals surface area contributed by atoms with E-state index in [-0.39, 0.29) is 5.91 Å². The molecule has 5 rings (SSSR count). The molecule has 1 saturated carbocycles. The number of nitrogens with one attached hydrogen (secondary N) is 2. The summed E-state index contributed by atoms with van der Waals surface area (Å²) >= 11 is 0. The molecule has 4 aromatic rings. The van der Waals surface area contributed by atoms with Crippen LogP contribution >= 0.6 is 0 Å². The molecule has 1 aliphatic carbocycles. The van der Waals surface area contributed by atoms with E-state index in [4.69, 9.17) is 5.10 Å². The molecule has 2 aromatic heterocycles. The minimum Gasteiger partial charge on any atom is -0.346 e. The van der Waals surface area contributed by atoms with Crippen LogP contribution in [0.1, 0.15) is 46.1 Å². The van der Waals surface area contributed by atoms with E-state index in [0.29, 0.717) is 24.7 Å². The lowest BCUT2D eigenvalue weighted by molar-refractivity contribution is 0.0946. The third-order valence-electron chi connectivity index (χ3n) is 5.36. The monoisotopic (exact) mass is 397 g/mol. The van der Waals surface area contributed by atoms with E-state index in [1.54, 1.807) is 0 Å². The average Bonchev–Trinajstić information content (AvgIpc) is 3.37. The molecule has 0 spiro atoms. The van der Waals surface area contributed by atoms with E-state index in [1.807, 2.05) is 65.5 Å². The van der Waals surface area contributed by atoms with Crippen LogP contribution in [0.2, 0.25) is 0 Å². The molecule has 0 saturated heterocycles. The molecule has 0 radical (unpaired) electrons. The molecule has 2 aromatic carbocycles. The van der Waals surface area contributed by atoms with Crippen LogP contribution in [0.3, 0.4) is 0 Å². The molecule has 2 N–H and O–H groups in total. The summed E-state index contributed by atoms with van der Waals surface area (Å²) in [4.78, 5) is 12.6. The summed E-state index contributed by atoms with van der Waals surface area (Å²) in [7, 11) is 0. The first-order valence-corrected chi connectivity index (χ1v) is 10.3. The molecular weight excluding hydrogens is 374 g/mol. The zero-order chi connectivity index (χ0) is 20.3. The van der Waals surface area contributed by atoms with Crippen LogP contribution in [0.4, 0.5) is 0 Å². The van der Waals surface area contributed by atoms with E-state index in [1.165, 1.54) is 18.4 Å². The number of rotatable bonds is 7. The highest BCUT2D eigenvalue weighted by molar-refractivity contribution is 5.92. The minimum absolute atomic E-state index is 0.173. The third-order valence-corrected chi connectivity index (χ3v) is 5.36. The van der Waals surface area contributed by atoms with E-state index in [2.05, 4.69) is 27.6 Å². The predicted octanol–water partition coefficient (Wildman–Crippen LogP) is 4.13. The Morgan fingerprint density at radius 2 is 1.80 bits per heavy atom. The van der Waals surface area contributed by atoms with Gasteiger partial charge < -0.3 is 5.32 Å². The number of carbonyl (C=O) groups excluding carboxylic acids is 1. The largest absolute Gasteiger partial charge is 0.346 e. The van der Waals surface area contributed by atoms with Crippen LogP contribution in [0.15, 0.2) is 72.9 Å². The second kappa shape index (κ2) is 7.99. The molecule has 30 heavy (non-hydrogen) atoms. The number of aromatic amines is 1. The van der Waals surface area contributed by atoms with Crippen molar-refractivity contribution in [3.63, 3.8) is 0 Å². The van der Waals surface area contributed by atoms with E-state index < -0.39 is 0 Å². The Labute approximate surface area is 175 Å². The zero-order valence-corrected chi connectivity index (χ0v) is 16.6. The first-order chi connectivity index (χ1) is 14.8. The Morgan fingerprint density at radius 3 is 2.53 bits per heavy atom. The van der Waals surface area contributed by atoms with Gasteiger partial charge in [0.05, 0.1) is 12.2 Å². The van der Waals surface area contributed by atoms with Gasteiger partial charge in [0.15, 0.2) is 0 Å². The Bertz CT molecular complexity index is 1140. The van der Waals surface area contributed by atoms with Gasteiger partial charge in [-0.05, 0) is 24.5 Å². The molecule has 1 fully saturated rings. The first-order valence-electron chi connectivity index (χ1n) is 10.3. The van der Waals surface area contributed by atoms with Gasteiger partial charge in [-0.3, -0.25) is 14.6 Å². The predicted molar refractivity (Wildman–Crippen MR) is 115 cm³/mol. The fraction of sp³-hybridized carbons (Fsp3) is 0.208. The maximum absolute atomic E-state index is 12.6. The minimum atomic E-state index is -0.173. The zero-order valence-electron chi connectivity index (χ0n) is 16.6. The van der Waals surface area contributed by atoms with Crippen LogP contribution in [0, 0.1) is 0 Å². The normalized spacial score (nSPS) is 13.3. The number of aromatic nitrogens is 4. The van der Waals surface area contributed by atoms with Crippen LogP contribution < -0.4 is 5.32 Å². The summed E-state index contributed by atoms with van der Waals surface area (Å²) in [5.74, 6) is 0.368. The first kappa shape index (κ1) is 18.4. The molecule has 150 valence electrons. The van der Waals surface area contributed by atoms with Crippen molar-refractivity contribution >= 4 is 5.91 Å². The van der Waals surface area contributed by atoms with Crippen LogP contribution in [0.5, 0.6) is 0 Å². The molecule has 1 amide bonds. The number of hydrogen-bond donors (Lipinski definition) is 2. The second-order valence-corrected chi connectivity index (χ2v) is 7.72. The molecule has 2 heterocycles. The van der Waals surface area contributed by atoms with Gasteiger partial charge in [0.25, 0.3) is 5.91 Å². The smallest absolute Gasteiger partial charge is 0.272 e. The Balaban J connectivity index is 1.36. The molecule has 0 aliphatic heterocycles. The third kappa shape index (κ3) is 4.03. The van der Waals surface area contributed by atoms with Crippen molar-refractivity contribution in [2.75, 3.05) is 0 Å². The molecule has 6 nitrogen and oxygen atoms in total. The summed E-state index contributed by atoms with van der Waals surface area (Å²) in [6.45, 7) is 1.07. The van der Waals surface area contributed by atoms with Crippen LogP contribution in [-0.2, 0) is 13.1 Å². The molecular formula is C24H23N5O. The van der Waals surface area contributed by atoms with Gasteiger partial charge in [-0.2, -0.15) is 10.2 Å². The number of benzene rings is 2. The van der Waals surface area contributed by atoms with Gasteiger partial charge in [-0.15, -0.1) is 0 Å². The van der Waals surface area contributed by atoms with Crippen molar-refractivity contribution < 1.29 is 4.79 Å². The van der Waals surface area contributed by atoms with Gasteiger partial charge in [0, 0.05) is 35.5 Å².